The summed E-state index contributed by atoms with van der Waals surface area (Å²) >= 11 is 0. The van der Waals surface area contributed by atoms with Crippen molar-refractivity contribution in [2.45, 2.75) is 31.7 Å². The van der Waals surface area contributed by atoms with E-state index >= 15 is 0 Å². The number of anilines is 1. The minimum atomic E-state index is -0.703. The van der Waals surface area contributed by atoms with Gasteiger partial charge in [0.1, 0.15) is 11.6 Å². The molecule has 5 heteroatoms. The van der Waals surface area contributed by atoms with E-state index in [0.717, 1.165) is 37.5 Å². The molecular formula is C13H16F2N2O. The number of hydrogen-bond donors (Lipinski definition) is 2. The molecule has 0 heterocycles. The van der Waals surface area contributed by atoms with Gasteiger partial charge in [0.2, 0.25) is 5.91 Å². The topological polar surface area (TPSA) is 55.1 Å². The van der Waals surface area contributed by atoms with Crippen molar-refractivity contribution in [3.8, 4) is 0 Å². The van der Waals surface area contributed by atoms with Gasteiger partial charge in [-0.3, -0.25) is 4.79 Å². The number of nitrogens with two attached hydrogens (primary N) is 1. The van der Waals surface area contributed by atoms with Gasteiger partial charge >= 0.3 is 0 Å². The summed E-state index contributed by atoms with van der Waals surface area (Å²) in [7, 11) is 0. The maximum Gasteiger partial charge on any atom is 0.227 e. The SMILES string of the molecule is NC1CCCC(C(=O)Nc2cc(F)cc(F)c2)C1. The average Bonchev–Trinajstić information content (AvgIpc) is 2.27. The molecule has 18 heavy (non-hydrogen) atoms. The Morgan fingerprint density at radius 3 is 2.50 bits per heavy atom. The minimum Gasteiger partial charge on any atom is -0.328 e. The average molecular weight is 254 g/mol. The van der Waals surface area contributed by atoms with Crippen LogP contribution in [-0.2, 0) is 4.79 Å². The third kappa shape index (κ3) is 3.26. The summed E-state index contributed by atoms with van der Waals surface area (Å²) in [6.45, 7) is 0. The van der Waals surface area contributed by atoms with Crippen LogP contribution < -0.4 is 11.1 Å². The standard InChI is InChI=1S/C13H16F2N2O/c14-9-5-10(15)7-12(6-9)17-13(18)8-2-1-3-11(16)4-8/h5-8,11H,1-4,16H2,(H,17,18). The third-order valence-corrected chi connectivity index (χ3v) is 3.22. The first-order valence-corrected chi connectivity index (χ1v) is 6.07. The zero-order chi connectivity index (χ0) is 13.1. The molecule has 1 aromatic rings. The molecule has 1 saturated carbocycles. The van der Waals surface area contributed by atoms with Crippen LogP contribution in [0.5, 0.6) is 0 Å². The molecule has 3 nitrogen and oxygen atoms in total. The van der Waals surface area contributed by atoms with E-state index in [2.05, 4.69) is 5.32 Å². The lowest BCUT2D eigenvalue weighted by Crippen LogP contribution is -2.34. The van der Waals surface area contributed by atoms with Gasteiger partial charge in [0.25, 0.3) is 0 Å². The zero-order valence-electron chi connectivity index (χ0n) is 9.96. The summed E-state index contributed by atoms with van der Waals surface area (Å²) in [5.74, 6) is -1.79. The fourth-order valence-electron chi connectivity index (χ4n) is 2.34. The van der Waals surface area contributed by atoms with Crippen LogP contribution in [0.1, 0.15) is 25.7 Å². The molecule has 0 spiro atoms. The molecule has 2 atom stereocenters. The smallest absolute Gasteiger partial charge is 0.227 e. The van der Waals surface area contributed by atoms with Gasteiger partial charge in [0.15, 0.2) is 0 Å². The van der Waals surface area contributed by atoms with Gasteiger partial charge in [0.05, 0.1) is 0 Å². The second kappa shape index (κ2) is 5.44. The molecule has 98 valence electrons. The molecule has 0 aromatic heterocycles. The van der Waals surface area contributed by atoms with Crippen LogP contribution in [0.3, 0.4) is 0 Å². The Hall–Kier alpha value is -1.49. The fraction of sp³-hybridized carbons (Fsp3) is 0.462. The van der Waals surface area contributed by atoms with Crippen molar-refractivity contribution in [1.29, 1.82) is 0 Å². The van der Waals surface area contributed by atoms with Crippen LogP contribution in [0.4, 0.5) is 14.5 Å². The summed E-state index contributed by atoms with van der Waals surface area (Å²) in [5.41, 5.74) is 5.95. The molecule has 0 radical (unpaired) electrons. The molecule has 2 rings (SSSR count). The lowest BCUT2D eigenvalue weighted by molar-refractivity contribution is -0.120. The summed E-state index contributed by atoms with van der Waals surface area (Å²) in [6, 6.07) is 3.01. The second-order valence-electron chi connectivity index (χ2n) is 4.77. The number of hydrogen-bond acceptors (Lipinski definition) is 2. The highest BCUT2D eigenvalue weighted by molar-refractivity contribution is 5.92. The van der Waals surface area contributed by atoms with E-state index in [0.29, 0.717) is 6.42 Å². The first kappa shape index (κ1) is 13.0. The Bertz CT molecular complexity index is 430. The zero-order valence-corrected chi connectivity index (χ0v) is 9.96. The van der Waals surface area contributed by atoms with Gasteiger partial charge in [-0.15, -0.1) is 0 Å². The Balaban J connectivity index is 2.02. The molecule has 1 amide bonds. The Labute approximate surface area is 104 Å². The number of nitrogens with one attached hydrogen (secondary N) is 1. The highest BCUT2D eigenvalue weighted by atomic mass is 19.1. The number of halogens is 2. The van der Waals surface area contributed by atoms with Crippen LogP contribution in [0.25, 0.3) is 0 Å². The Morgan fingerprint density at radius 1 is 1.22 bits per heavy atom. The molecule has 3 N–H and O–H groups in total. The van der Waals surface area contributed by atoms with Crippen molar-refractivity contribution in [2.24, 2.45) is 11.7 Å². The molecule has 1 fully saturated rings. The van der Waals surface area contributed by atoms with Gasteiger partial charge in [-0.05, 0) is 31.4 Å². The predicted octanol–water partition coefficient (Wildman–Crippen LogP) is 2.42. The Morgan fingerprint density at radius 2 is 1.89 bits per heavy atom. The van der Waals surface area contributed by atoms with Crippen molar-refractivity contribution >= 4 is 11.6 Å². The molecule has 0 saturated heterocycles. The predicted molar refractivity (Wildman–Crippen MR) is 64.9 cm³/mol. The van der Waals surface area contributed by atoms with Gasteiger partial charge in [-0.1, -0.05) is 6.42 Å². The molecule has 1 aliphatic rings. The van der Waals surface area contributed by atoms with E-state index in [9.17, 15) is 13.6 Å². The summed E-state index contributed by atoms with van der Waals surface area (Å²) < 4.78 is 25.9. The van der Waals surface area contributed by atoms with Crippen LogP contribution in [-0.4, -0.2) is 11.9 Å². The van der Waals surface area contributed by atoms with E-state index in [-0.39, 0.29) is 23.6 Å². The molecule has 1 aromatic carbocycles. The molecular weight excluding hydrogens is 238 g/mol. The van der Waals surface area contributed by atoms with Crippen molar-refractivity contribution in [3.63, 3.8) is 0 Å². The van der Waals surface area contributed by atoms with Gasteiger partial charge in [0, 0.05) is 23.7 Å². The van der Waals surface area contributed by atoms with E-state index in [4.69, 9.17) is 5.73 Å². The number of carbonyl (C=O) groups excluding carboxylic acids is 1. The van der Waals surface area contributed by atoms with E-state index in [1.807, 2.05) is 0 Å². The molecule has 2 unspecified atom stereocenters. The van der Waals surface area contributed by atoms with E-state index in [1.165, 1.54) is 0 Å². The summed E-state index contributed by atoms with van der Waals surface area (Å²) in [4.78, 5) is 11.9. The van der Waals surface area contributed by atoms with E-state index < -0.39 is 11.6 Å². The van der Waals surface area contributed by atoms with Crippen LogP contribution >= 0.6 is 0 Å². The fourth-order valence-corrected chi connectivity index (χ4v) is 2.34. The molecule has 0 bridgehead atoms. The van der Waals surface area contributed by atoms with Crippen molar-refractivity contribution in [1.82, 2.24) is 0 Å². The first-order chi connectivity index (χ1) is 8.54. The maximum atomic E-state index is 13.0. The first-order valence-electron chi connectivity index (χ1n) is 6.07. The quantitative estimate of drug-likeness (QED) is 0.851. The maximum absolute atomic E-state index is 13.0. The van der Waals surface area contributed by atoms with Gasteiger partial charge < -0.3 is 11.1 Å². The Kier molecular flexibility index (Phi) is 3.91. The van der Waals surface area contributed by atoms with E-state index in [1.54, 1.807) is 0 Å². The van der Waals surface area contributed by atoms with Crippen molar-refractivity contribution in [2.75, 3.05) is 5.32 Å². The van der Waals surface area contributed by atoms with Crippen LogP contribution in [0.15, 0.2) is 18.2 Å². The largest absolute Gasteiger partial charge is 0.328 e. The second-order valence-corrected chi connectivity index (χ2v) is 4.77. The molecule has 0 aliphatic heterocycles. The highest BCUT2D eigenvalue weighted by Crippen LogP contribution is 2.24. The van der Waals surface area contributed by atoms with Crippen LogP contribution in [0, 0.1) is 17.6 Å². The monoisotopic (exact) mass is 254 g/mol. The molecule has 1 aliphatic carbocycles. The van der Waals surface area contributed by atoms with Gasteiger partial charge in [-0.25, -0.2) is 8.78 Å². The number of amides is 1. The normalized spacial score (nSPS) is 23.7. The lowest BCUT2D eigenvalue weighted by Gasteiger charge is -2.25. The van der Waals surface area contributed by atoms with Crippen molar-refractivity contribution < 1.29 is 13.6 Å². The third-order valence-electron chi connectivity index (χ3n) is 3.22. The van der Waals surface area contributed by atoms with Crippen molar-refractivity contribution in [3.05, 3.63) is 29.8 Å². The number of rotatable bonds is 2. The minimum absolute atomic E-state index is 0.0405. The highest BCUT2D eigenvalue weighted by Gasteiger charge is 2.25. The summed E-state index contributed by atoms with van der Waals surface area (Å²) in [5, 5.41) is 2.54. The number of benzene rings is 1. The number of carbonyl (C=O) groups is 1. The lowest BCUT2D eigenvalue weighted by atomic mass is 9.85. The van der Waals surface area contributed by atoms with Gasteiger partial charge in [-0.2, -0.15) is 0 Å². The summed E-state index contributed by atoms with van der Waals surface area (Å²) in [6.07, 6.45) is 3.25. The van der Waals surface area contributed by atoms with Crippen LogP contribution in [0.2, 0.25) is 0 Å².